The second-order valence-corrected chi connectivity index (χ2v) is 5.68. The van der Waals surface area contributed by atoms with Crippen LogP contribution in [0.2, 0.25) is 0 Å². The molecule has 1 aliphatic heterocycles. The van der Waals surface area contributed by atoms with Crippen LogP contribution in [-0.2, 0) is 7.05 Å². The molecule has 1 aromatic carbocycles. The number of hydrogen-bond acceptors (Lipinski definition) is 3. The molecule has 0 saturated carbocycles. The predicted octanol–water partition coefficient (Wildman–Crippen LogP) is 2.47. The van der Waals surface area contributed by atoms with Gasteiger partial charge in [0.1, 0.15) is 0 Å². The Labute approximate surface area is 114 Å². The first-order valence-corrected chi connectivity index (χ1v) is 7.03. The van der Waals surface area contributed by atoms with E-state index in [9.17, 15) is 0 Å². The Bertz CT molecular complexity index is 575. The summed E-state index contributed by atoms with van der Waals surface area (Å²) < 4.78 is 2.15. The number of aryl methyl sites for hydroxylation is 1. The van der Waals surface area contributed by atoms with Crippen LogP contribution < -0.4 is 5.32 Å². The van der Waals surface area contributed by atoms with Crippen molar-refractivity contribution in [1.29, 1.82) is 0 Å². The van der Waals surface area contributed by atoms with E-state index in [0.29, 0.717) is 12.1 Å². The second-order valence-electron chi connectivity index (χ2n) is 5.68. The Hall–Kier alpha value is -1.55. The van der Waals surface area contributed by atoms with Crippen LogP contribution in [0.15, 0.2) is 24.3 Å². The Kier molecular flexibility index (Phi) is 3.19. The van der Waals surface area contributed by atoms with Crippen LogP contribution in [0.3, 0.4) is 0 Å². The molecular weight excluding hydrogens is 236 g/mol. The van der Waals surface area contributed by atoms with Crippen molar-refractivity contribution in [3.63, 3.8) is 0 Å². The Morgan fingerprint density at radius 2 is 2.05 bits per heavy atom. The summed E-state index contributed by atoms with van der Waals surface area (Å²) in [6, 6.07) is 9.45. The van der Waals surface area contributed by atoms with Gasteiger partial charge in [-0.3, -0.25) is 0 Å². The van der Waals surface area contributed by atoms with Gasteiger partial charge in [0.15, 0.2) is 0 Å². The maximum Gasteiger partial charge on any atom is 0.203 e. The van der Waals surface area contributed by atoms with Crippen LogP contribution in [0.5, 0.6) is 0 Å². The highest BCUT2D eigenvalue weighted by atomic mass is 15.2. The summed E-state index contributed by atoms with van der Waals surface area (Å²) in [5.41, 5.74) is 2.25. The number of benzene rings is 1. The number of imidazole rings is 1. The minimum absolute atomic E-state index is 0.529. The summed E-state index contributed by atoms with van der Waals surface area (Å²) in [7, 11) is 4.28. The van der Waals surface area contributed by atoms with Crippen LogP contribution in [0.4, 0.5) is 5.95 Å². The first kappa shape index (κ1) is 12.5. The monoisotopic (exact) mass is 258 g/mol. The zero-order valence-electron chi connectivity index (χ0n) is 11.9. The highest BCUT2D eigenvalue weighted by Crippen LogP contribution is 2.22. The third kappa shape index (κ3) is 2.32. The van der Waals surface area contributed by atoms with E-state index in [0.717, 1.165) is 18.0 Å². The topological polar surface area (TPSA) is 33.1 Å². The molecule has 0 spiro atoms. The quantitative estimate of drug-likeness (QED) is 0.898. The molecule has 2 unspecified atom stereocenters. The van der Waals surface area contributed by atoms with Crippen molar-refractivity contribution in [3.05, 3.63) is 24.3 Å². The van der Waals surface area contributed by atoms with E-state index >= 15 is 0 Å². The third-order valence-electron chi connectivity index (χ3n) is 4.33. The van der Waals surface area contributed by atoms with Gasteiger partial charge in [0, 0.05) is 25.7 Å². The number of nitrogens with one attached hydrogen (secondary N) is 1. The minimum atomic E-state index is 0.529. The van der Waals surface area contributed by atoms with Gasteiger partial charge in [-0.1, -0.05) is 12.1 Å². The smallest absolute Gasteiger partial charge is 0.203 e. The van der Waals surface area contributed by atoms with E-state index < -0.39 is 0 Å². The molecule has 0 bridgehead atoms. The van der Waals surface area contributed by atoms with Crippen LogP contribution in [0.25, 0.3) is 11.0 Å². The molecule has 1 fully saturated rings. The summed E-state index contributed by atoms with van der Waals surface area (Å²) in [5, 5.41) is 3.61. The zero-order chi connectivity index (χ0) is 13.4. The van der Waals surface area contributed by atoms with Gasteiger partial charge in [0.05, 0.1) is 11.0 Å². The van der Waals surface area contributed by atoms with Gasteiger partial charge in [0.25, 0.3) is 0 Å². The molecule has 1 N–H and O–H groups in total. The fraction of sp³-hybridized carbons (Fsp3) is 0.533. The van der Waals surface area contributed by atoms with Crippen LogP contribution in [-0.4, -0.2) is 40.1 Å². The van der Waals surface area contributed by atoms with E-state index in [1.807, 2.05) is 6.07 Å². The van der Waals surface area contributed by atoms with Gasteiger partial charge in [-0.15, -0.1) is 0 Å². The lowest BCUT2D eigenvalue weighted by molar-refractivity contribution is 0.189. The van der Waals surface area contributed by atoms with E-state index in [4.69, 9.17) is 0 Å². The highest BCUT2D eigenvalue weighted by Gasteiger charge is 2.23. The summed E-state index contributed by atoms with van der Waals surface area (Å²) in [6.45, 7) is 3.45. The van der Waals surface area contributed by atoms with Gasteiger partial charge >= 0.3 is 0 Å². The van der Waals surface area contributed by atoms with Gasteiger partial charge in [-0.05, 0) is 38.9 Å². The number of anilines is 1. The van der Waals surface area contributed by atoms with Gasteiger partial charge in [0.2, 0.25) is 5.95 Å². The van der Waals surface area contributed by atoms with Crippen molar-refractivity contribution < 1.29 is 0 Å². The first-order valence-electron chi connectivity index (χ1n) is 7.03. The number of para-hydroxylation sites is 2. The van der Waals surface area contributed by atoms with Crippen LogP contribution in [0.1, 0.15) is 19.8 Å². The average Bonchev–Trinajstić information content (AvgIpc) is 2.72. The number of piperidine rings is 1. The lowest BCUT2D eigenvalue weighted by atomic mass is 9.99. The van der Waals surface area contributed by atoms with Crippen molar-refractivity contribution in [1.82, 2.24) is 14.5 Å². The van der Waals surface area contributed by atoms with Crippen molar-refractivity contribution in [2.24, 2.45) is 7.05 Å². The number of nitrogens with zero attached hydrogens (tertiary/aromatic N) is 3. The standard InChI is InChI=1S/C15H22N4/c1-11-10-12(8-9-18(11)2)16-15-17-13-6-4-5-7-14(13)19(15)3/h4-7,11-12H,8-10H2,1-3H3,(H,16,17). The molecule has 0 amide bonds. The number of fused-ring (bicyclic) bond motifs is 1. The van der Waals surface area contributed by atoms with Gasteiger partial charge < -0.3 is 14.8 Å². The van der Waals surface area contributed by atoms with E-state index in [2.05, 4.69) is 59.0 Å². The molecule has 4 heteroatoms. The second kappa shape index (κ2) is 4.85. The van der Waals surface area contributed by atoms with Gasteiger partial charge in [-0.25, -0.2) is 4.98 Å². The molecule has 1 aliphatic rings. The number of rotatable bonds is 2. The molecule has 2 atom stereocenters. The molecule has 3 rings (SSSR count). The largest absolute Gasteiger partial charge is 0.353 e. The van der Waals surface area contributed by atoms with E-state index in [-0.39, 0.29) is 0 Å². The Morgan fingerprint density at radius 3 is 2.79 bits per heavy atom. The fourth-order valence-electron chi connectivity index (χ4n) is 2.88. The predicted molar refractivity (Wildman–Crippen MR) is 79.5 cm³/mol. The van der Waals surface area contributed by atoms with E-state index in [1.165, 1.54) is 18.4 Å². The third-order valence-corrected chi connectivity index (χ3v) is 4.33. The van der Waals surface area contributed by atoms with Crippen LogP contribution >= 0.6 is 0 Å². The van der Waals surface area contributed by atoms with Crippen molar-refractivity contribution in [2.45, 2.75) is 31.8 Å². The fourth-order valence-corrected chi connectivity index (χ4v) is 2.88. The summed E-state index contributed by atoms with van der Waals surface area (Å²) in [5.74, 6) is 0.989. The number of hydrogen-bond donors (Lipinski definition) is 1. The average molecular weight is 258 g/mol. The summed E-state index contributed by atoms with van der Waals surface area (Å²) >= 11 is 0. The Balaban J connectivity index is 1.80. The van der Waals surface area contributed by atoms with Crippen LogP contribution in [0, 0.1) is 0 Å². The molecule has 2 heterocycles. The molecule has 1 saturated heterocycles. The zero-order valence-corrected chi connectivity index (χ0v) is 11.9. The lowest BCUT2D eigenvalue weighted by Crippen LogP contribution is -2.42. The summed E-state index contributed by atoms with van der Waals surface area (Å²) in [6.07, 6.45) is 2.36. The van der Waals surface area contributed by atoms with Crippen molar-refractivity contribution in [3.8, 4) is 0 Å². The van der Waals surface area contributed by atoms with Crippen molar-refractivity contribution >= 4 is 17.0 Å². The van der Waals surface area contributed by atoms with E-state index in [1.54, 1.807) is 0 Å². The molecule has 0 aliphatic carbocycles. The Morgan fingerprint density at radius 1 is 1.26 bits per heavy atom. The number of aromatic nitrogens is 2. The molecule has 102 valence electrons. The molecule has 2 aromatic rings. The normalized spacial score (nSPS) is 24.8. The highest BCUT2D eigenvalue weighted by molar-refractivity contribution is 5.78. The molecular formula is C15H22N4. The first-order chi connectivity index (χ1) is 9.15. The molecule has 4 nitrogen and oxygen atoms in total. The SMILES string of the molecule is CC1CC(Nc2nc3ccccc3n2C)CCN1C. The minimum Gasteiger partial charge on any atom is -0.353 e. The molecule has 1 aromatic heterocycles. The maximum atomic E-state index is 4.69. The lowest BCUT2D eigenvalue weighted by Gasteiger charge is -2.35. The van der Waals surface area contributed by atoms with Gasteiger partial charge in [-0.2, -0.15) is 0 Å². The maximum absolute atomic E-state index is 4.69. The summed E-state index contributed by atoms with van der Waals surface area (Å²) in [4.78, 5) is 7.11. The molecule has 0 radical (unpaired) electrons. The molecule has 19 heavy (non-hydrogen) atoms. The van der Waals surface area contributed by atoms with Crippen molar-refractivity contribution in [2.75, 3.05) is 18.9 Å². The number of likely N-dealkylation sites (tertiary alicyclic amines) is 1.